The highest BCUT2D eigenvalue weighted by atomic mass is 16.6. The van der Waals surface area contributed by atoms with E-state index in [1.807, 2.05) is 20.8 Å². The molecule has 0 bridgehead atoms. The Labute approximate surface area is 335 Å². The summed E-state index contributed by atoms with van der Waals surface area (Å²) in [4.78, 5) is 62.1. The van der Waals surface area contributed by atoms with Gasteiger partial charge in [-0.2, -0.15) is 0 Å². The molecule has 0 fully saturated rings. The normalized spacial score (nSPS) is 15.7. The molecule has 0 radical (unpaired) electrons. The van der Waals surface area contributed by atoms with E-state index in [0.29, 0.717) is 38.5 Å². The first-order valence-electron chi connectivity index (χ1n) is 21.3. The third-order valence-corrected chi connectivity index (χ3v) is 9.51. The number of esters is 4. The van der Waals surface area contributed by atoms with Crippen LogP contribution in [0.2, 0.25) is 0 Å². The minimum atomic E-state index is -1.20. The van der Waals surface area contributed by atoms with Gasteiger partial charge in [0.2, 0.25) is 0 Å². The molecule has 0 amide bonds. The fourth-order valence-corrected chi connectivity index (χ4v) is 6.63. The van der Waals surface area contributed by atoms with E-state index in [9.17, 15) is 44.4 Å². The van der Waals surface area contributed by atoms with Crippen LogP contribution in [0.4, 0.5) is 0 Å². The molecular formula is C42H76O14. The first kappa shape index (κ1) is 53.2. The maximum absolute atomic E-state index is 13.2. The second-order valence-electron chi connectivity index (χ2n) is 15.3. The Morgan fingerprint density at radius 3 is 1.16 bits per heavy atom. The monoisotopic (exact) mass is 805 g/mol. The van der Waals surface area contributed by atoms with Crippen LogP contribution in [0, 0.1) is 0 Å². The van der Waals surface area contributed by atoms with Gasteiger partial charge in [0.05, 0.1) is 50.1 Å². The minimum Gasteiger partial charge on any atom is -0.481 e. The SMILES string of the molecule is CCCCC[C@@H](O)C[C@@H](O)CC(=O)O[C@H](CCCCC)C[C@H](O)CC(=O)O[C@H](CCCCC)C[C@H](CC(=O)O[C@H](CCCCC)C[C@@H](O)CC(=O)O)OC(C)=O. The first-order valence-corrected chi connectivity index (χ1v) is 21.3. The molecule has 0 unspecified atom stereocenters. The van der Waals surface area contributed by atoms with Gasteiger partial charge in [0, 0.05) is 26.2 Å². The zero-order chi connectivity index (χ0) is 42.3. The topological polar surface area (TPSA) is 223 Å². The Kier molecular flexibility index (Phi) is 31.5. The van der Waals surface area contributed by atoms with Crippen LogP contribution in [0.25, 0.3) is 0 Å². The molecule has 0 saturated carbocycles. The number of carboxylic acid groups (broad SMARTS) is 1. The summed E-state index contributed by atoms with van der Waals surface area (Å²) in [7, 11) is 0. The molecule has 0 aromatic rings. The van der Waals surface area contributed by atoms with Crippen molar-refractivity contribution < 1.29 is 68.5 Å². The van der Waals surface area contributed by atoms with Crippen molar-refractivity contribution in [3.63, 3.8) is 0 Å². The Balaban J connectivity index is 5.57. The number of aliphatic hydroxyl groups is 4. The molecule has 0 saturated heterocycles. The largest absolute Gasteiger partial charge is 0.481 e. The van der Waals surface area contributed by atoms with Gasteiger partial charge >= 0.3 is 29.8 Å². The lowest BCUT2D eigenvalue weighted by atomic mass is 10.0. The Hall–Kier alpha value is -2.81. The number of carbonyl (C=O) groups is 5. The standard InChI is InChI=1S/C42H76O14/c1-6-10-14-18-31(44)22-32(45)26-40(50)54-36(20-16-12-8-3)24-34(47)27-41(51)56-37(21-17-13-9-4)28-38(53-30(5)43)29-42(52)55-35(19-15-11-7-2)23-33(46)25-39(48)49/h31-38,44-47H,6-29H2,1-5H3,(H,48,49)/t31-,32-,33-,34+,35-,36-,37-,38-/m1/s1. The third kappa shape index (κ3) is 30.3. The summed E-state index contributed by atoms with van der Waals surface area (Å²) in [5, 5.41) is 50.8. The van der Waals surface area contributed by atoms with Gasteiger partial charge < -0.3 is 44.5 Å². The molecule has 0 aromatic heterocycles. The highest BCUT2D eigenvalue weighted by Gasteiger charge is 2.29. The van der Waals surface area contributed by atoms with Crippen molar-refractivity contribution in [1.29, 1.82) is 0 Å². The molecule has 0 aliphatic rings. The zero-order valence-corrected chi connectivity index (χ0v) is 35.0. The minimum absolute atomic E-state index is 0.00471. The highest BCUT2D eigenvalue weighted by molar-refractivity contribution is 5.72. The number of carboxylic acids is 1. The van der Waals surface area contributed by atoms with Crippen molar-refractivity contribution in [2.75, 3.05) is 0 Å². The molecule has 0 rings (SSSR count). The third-order valence-electron chi connectivity index (χ3n) is 9.51. The molecule has 5 N–H and O–H groups in total. The number of aliphatic carboxylic acids is 1. The summed E-state index contributed by atoms with van der Waals surface area (Å²) in [6.07, 6.45) is 3.15. The Morgan fingerprint density at radius 2 is 0.768 bits per heavy atom. The van der Waals surface area contributed by atoms with Crippen LogP contribution in [-0.4, -0.2) is 104 Å². The van der Waals surface area contributed by atoms with Gasteiger partial charge in [-0.1, -0.05) is 85.5 Å². The van der Waals surface area contributed by atoms with E-state index in [-0.39, 0.29) is 38.5 Å². The van der Waals surface area contributed by atoms with E-state index in [1.165, 1.54) is 6.92 Å². The van der Waals surface area contributed by atoms with E-state index < -0.39 is 91.5 Å². The lowest BCUT2D eigenvalue weighted by molar-refractivity contribution is -0.161. The summed E-state index contributed by atoms with van der Waals surface area (Å²) in [6, 6.07) is 0. The van der Waals surface area contributed by atoms with Crippen LogP contribution < -0.4 is 0 Å². The number of unbranched alkanes of at least 4 members (excludes halogenated alkanes) is 8. The fourth-order valence-electron chi connectivity index (χ4n) is 6.63. The van der Waals surface area contributed by atoms with E-state index in [0.717, 1.165) is 64.2 Å². The van der Waals surface area contributed by atoms with E-state index in [4.69, 9.17) is 24.1 Å². The number of carbonyl (C=O) groups excluding carboxylic acids is 4. The van der Waals surface area contributed by atoms with Gasteiger partial charge in [-0.3, -0.25) is 24.0 Å². The molecule has 14 heteroatoms. The molecule has 0 aliphatic carbocycles. The maximum atomic E-state index is 13.2. The predicted octanol–water partition coefficient (Wildman–Crippen LogP) is 6.62. The zero-order valence-electron chi connectivity index (χ0n) is 35.0. The number of aliphatic hydroxyl groups excluding tert-OH is 4. The highest BCUT2D eigenvalue weighted by Crippen LogP contribution is 2.22. The molecule has 0 aromatic carbocycles. The second-order valence-corrected chi connectivity index (χ2v) is 15.3. The van der Waals surface area contributed by atoms with Crippen LogP contribution in [0.3, 0.4) is 0 Å². The summed E-state index contributed by atoms with van der Waals surface area (Å²) in [6.45, 7) is 9.31. The van der Waals surface area contributed by atoms with Gasteiger partial charge in [0.15, 0.2) is 0 Å². The second kappa shape index (κ2) is 33.2. The smallest absolute Gasteiger partial charge is 0.309 e. The first-order chi connectivity index (χ1) is 26.6. The van der Waals surface area contributed by atoms with Crippen molar-refractivity contribution in [1.82, 2.24) is 0 Å². The molecule has 14 nitrogen and oxygen atoms in total. The summed E-state index contributed by atoms with van der Waals surface area (Å²) < 4.78 is 22.5. The Bertz CT molecular complexity index is 1070. The van der Waals surface area contributed by atoms with E-state index >= 15 is 0 Å². The number of hydrogen-bond acceptors (Lipinski definition) is 13. The van der Waals surface area contributed by atoms with Gasteiger partial charge in [-0.05, 0) is 51.4 Å². The number of rotatable bonds is 36. The van der Waals surface area contributed by atoms with Gasteiger partial charge in [0.1, 0.15) is 24.4 Å². The van der Waals surface area contributed by atoms with Crippen LogP contribution in [-0.2, 0) is 42.9 Å². The molecular weight excluding hydrogens is 728 g/mol. The predicted molar refractivity (Wildman–Crippen MR) is 210 cm³/mol. The molecule has 0 aliphatic heterocycles. The van der Waals surface area contributed by atoms with E-state index in [1.54, 1.807) is 0 Å². The quantitative estimate of drug-likeness (QED) is 0.0255. The lowest BCUT2D eigenvalue weighted by Gasteiger charge is -2.26. The van der Waals surface area contributed by atoms with Crippen LogP contribution >= 0.6 is 0 Å². The Morgan fingerprint density at radius 1 is 0.411 bits per heavy atom. The maximum Gasteiger partial charge on any atom is 0.309 e. The fraction of sp³-hybridized carbons (Fsp3) is 0.881. The molecule has 0 heterocycles. The van der Waals surface area contributed by atoms with Crippen molar-refractivity contribution in [3.8, 4) is 0 Å². The molecule has 56 heavy (non-hydrogen) atoms. The molecule has 328 valence electrons. The van der Waals surface area contributed by atoms with Crippen LogP contribution in [0.1, 0.15) is 189 Å². The molecule has 0 spiro atoms. The average Bonchev–Trinajstić information content (AvgIpc) is 3.07. The lowest BCUT2D eigenvalue weighted by Crippen LogP contribution is -2.32. The summed E-state index contributed by atoms with van der Waals surface area (Å²) >= 11 is 0. The number of hydrogen-bond donors (Lipinski definition) is 5. The van der Waals surface area contributed by atoms with Crippen molar-refractivity contribution in [2.45, 2.75) is 238 Å². The van der Waals surface area contributed by atoms with Crippen molar-refractivity contribution in [2.24, 2.45) is 0 Å². The van der Waals surface area contributed by atoms with Gasteiger partial charge in [-0.15, -0.1) is 0 Å². The average molecular weight is 805 g/mol. The van der Waals surface area contributed by atoms with Crippen molar-refractivity contribution >= 4 is 29.8 Å². The van der Waals surface area contributed by atoms with Gasteiger partial charge in [-0.25, -0.2) is 0 Å². The summed E-state index contributed by atoms with van der Waals surface area (Å²) in [5.41, 5.74) is 0. The van der Waals surface area contributed by atoms with Crippen LogP contribution in [0.15, 0.2) is 0 Å². The van der Waals surface area contributed by atoms with Gasteiger partial charge in [0.25, 0.3) is 0 Å². The van der Waals surface area contributed by atoms with E-state index in [2.05, 4.69) is 6.92 Å². The molecule has 8 atom stereocenters. The number of ether oxygens (including phenoxy) is 4. The van der Waals surface area contributed by atoms with Crippen LogP contribution in [0.5, 0.6) is 0 Å². The summed E-state index contributed by atoms with van der Waals surface area (Å²) in [5.74, 6) is -3.88. The van der Waals surface area contributed by atoms with Crippen molar-refractivity contribution in [3.05, 3.63) is 0 Å².